The molecule has 0 saturated heterocycles. The van der Waals surface area contributed by atoms with Crippen molar-refractivity contribution >= 4 is 17.5 Å². The first-order chi connectivity index (χ1) is 7.27. The number of thioether (sulfide) groups is 1. The lowest BCUT2D eigenvalue weighted by Crippen LogP contribution is -1.98. The van der Waals surface area contributed by atoms with E-state index in [0.29, 0.717) is 6.42 Å². The predicted molar refractivity (Wildman–Crippen MR) is 66.7 cm³/mol. The Kier molecular flexibility index (Phi) is 5.48. The van der Waals surface area contributed by atoms with Gasteiger partial charge in [0.2, 0.25) is 0 Å². The van der Waals surface area contributed by atoms with Gasteiger partial charge >= 0.3 is 0 Å². The molecule has 0 saturated carbocycles. The molecule has 1 aromatic rings. The Labute approximate surface area is 96.3 Å². The lowest BCUT2D eigenvalue weighted by molar-refractivity contribution is 0.0979. The number of benzene rings is 1. The molecule has 0 N–H and O–H groups in total. The highest BCUT2D eigenvalue weighted by atomic mass is 32.2. The van der Waals surface area contributed by atoms with Crippen LogP contribution in [0.3, 0.4) is 0 Å². The molecule has 1 aromatic carbocycles. The van der Waals surface area contributed by atoms with Gasteiger partial charge in [0.1, 0.15) is 0 Å². The summed E-state index contributed by atoms with van der Waals surface area (Å²) in [7, 11) is 0. The van der Waals surface area contributed by atoms with Crippen LogP contribution < -0.4 is 0 Å². The Balaban J connectivity index is 2.57. The van der Waals surface area contributed by atoms with Crippen molar-refractivity contribution in [3.05, 3.63) is 29.8 Å². The van der Waals surface area contributed by atoms with Crippen molar-refractivity contribution < 1.29 is 4.79 Å². The zero-order valence-corrected chi connectivity index (χ0v) is 10.3. The highest BCUT2D eigenvalue weighted by molar-refractivity contribution is 7.98. The van der Waals surface area contributed by atoms with Crippen LogP contribution in [-0.4, -0.2) is 12.0 Å². The van der Waals surface area contributed by atoms with E-state index in [9.17, 15) is 4.79 Å². The molecule has 2 heteroatoms. The molecular weight excluding hydrogens is 204 g/mol. The molecule has 0 radical (unpaired) electrons. The van der Waals surface area contributed by atoms with Gasteiger partial charge in [-0.2, -0.15) is 0 Å². The molecule has 0 spiro atoms. The van der Waals surface area contributed by atoms with Gasteiger partial charge in [0, 0.05) is 16.9 Å². The maximum atomic E-state index is 11.8. The number of carbonyl (C=O) groups is 1. The minimum atomic E-state index is 0.277. The molecule has 0 aliphatic rings. The van der Waals surface area contributed by atoms with Crippen LogP contribution in [0.1, 0.15) is 43.0 Å². The lowest BCUT2D eigenvalue weighted by Gasteiger charge is -2.02. The molecule has 0 bridgehead atoms. The predicted octanol–water partition coefficient (Wildman–Crippen LogP) is 4.17. The van der Waals surface area contributed by atoms with Gasteiger partial charge in [-0.15, -0.1) is 11.8 Å². The van der Waals surface area contributed by atoms with E-state index in [1.807, 2.05) is 30.5 Å². The maximum absolute atomic E-state index is 11.8. The number of unbranched alkanes of at least 4 members (excludes halogenated alkanes) is 2. The molecule has 1 nitrogen and oxygen atoms in total. The van der Waals surface area contributed by atoms with Crippen molar-refractivity contribution in [3.63, 3.8) is 0 Å². The molecule has 82 valence electrons. The van der Waals surface area contributed by atoms with Crippen LogP contribution in [0.15, 0.2) is 29.2 Å². The van der Waals surface area contributed by atoms with Crippen molar-refractivity contribution in [3.8, 4) is 0 Å². The molecular formula is C13H18OS. The van der Waals surface area contributed by atoms with Crippen molar-refractivity contribution in [1.82, 2.24) is 0 Å². The normalized spacial score (nSPS) is 10.3. The summed E-state index contributed by atoms with van der Waals surface area (Å²) in [6, 6.07) is 7.89. The van der Waals surface area contributed by atoms with Gasteiger partial charge in [0.25, 0.3) is 0 Å². The Morgan fingerprint density at radius 2 is 2.13 bits per heavy atom. The fraction of sp³-hybridized carbons (Fsp3) is 0.462. The Hall–Kier alpha value is -0.760. The fourth-order valence-electron chi connectivity index (χ4n) is 1.48. The minimum Gasteiger partial charge on any atom is -0.294 e. The van der Waals surface area contributed by atoms with Crippen LogP contribution in [0.25, 0.3) is 0 Å². The number of carbonyl (C=O) groups excluding carboxylic acids is 1. The Bertz CT molecular complexity index is 320. The van der Waals surface area contributed by atoms with Crippen LogP contribution in [0.5, 0.6) is 0 Å². The standard InChI is InChI=1S/C13H18OS/c1-3-4-5-9-13(14)11-7-6-8-12(10-11)15-2/h6-8,10H,3-5,9H2,1-2H3. The molecule has 0 heterocycles. The molecule has 0 aliphatic heterocycles. The summed E-state index contributed by atoms with van der Waals surface area (Å²) in [4.78, 5) is 12.9. The van der Waals surface area contributed by atoms with Gasteiger partial charge in [-0.05, 0) is 24.8 Å². The van der Waals surface area contributed by atoms with E-state index < -0.39 is 0 Å². The molecule has 0 aliphatic carbocycles. The first kappa shape index (κ1) is 12.3. The number of Topliss-reactive ketones (excluding diaryl/α,β-unsaturated/α-hetero) is 1. The monoisotopic (exact) mass is 222 g/mol. The van der Waals surface area contributed by atoms with E-state index in [2.05, 4.69) is 6.92 Å². The Morgan fingerprint density at radius 3 is 2.80 bits per heavy atom. The second kappa shape index (κ2) is 6.67. The summed E-state index contributed by atoms with van der Waals surface area (Å²) in [6.45, 7) is 2.15. The Morgan fingerprint density at radius 1 is 1.33 bits per heavy atom. The van der Waals surface area contributed by atoms with E-state index in [4.69, 9.17) is 0 Å². The van der Waals surface area contributed by atoms with Crippen molar-refractivity contribution in [2.45, 2.75) is 37.5 Å². The van der Waals surface area contributed by atoms with Crippen molar-refractivity contribution in [2.75, 3.05) is 6.26 Å². The number of hydrogen-bond donors (Lipinski definition) is 0. The molecule has 0 unspecified atom stereocenters. The van der Waals surface area contributed by atoms with E-state index >= 15 is 0 Å². The van der Waals surface area contributed by atoms with E-state index in [0.717, 1.165) is 29.7 Å². The van der Waals surface area contributed by atoms with E-state index in [1.165, 1.54) is 0 Å². The zero-order chi connectivity index (χ0) is 11.1. The van der Waals surface area contributed by atoms with E-state index in [1.54, 1.807) is 11.8 Å². The van der Waals surface area contributed by atoms with Gasteiger partial charge in [0.15, 0.2) is 5.78 Å². The van der Waals surface area contributed by atoms with Gasteiger partial charge in [0.05, 0.1) is 0 Å². The van der Waals surface area contributed by atoms with Crippen molar-refractivity contribution in [2.24, 2.45) is 0 Å². The first-order valence-electron chi connectivity index (χ1n) is 5.45. The summed E-state index contributed by atoms with van der Waals surface area (Å²) in [6.07, 6.45) is 6.04. The third kappa shape index (κ3) is 4.08. The topological polar surface area (TPSA) is 17.1 Å². The fourth-order valence-corrected chi connectivity index (χ4v) is 1.94. The molecule has 0 fully saturated rings. The van der Waals surface area contributed by atoms with Crippen molar-refractivity contribution in [1.29, 1.82) is 0 Å². The van der Waals surface area contributed by atoms with Crippen LogP contribution in [0.4, 0.5) is 0 Å². The van der Waals surface area contributed by atoms with Gasteiger partial charge < -0.3 is 0 Å². The third-order valence-electron chi connectivity index (χ3n) is 2.40. The van der Waals surface area contributed by atoms with E-state index in [-0.39, 0.29) is 5.78 Å². The molecule has 0 amide bonds. The maximum Gasteiger partial charge on any atom is 0.162 e. The molecule has 0 atom stereocenters. The second-order valence-corrected chi connectivity index (χ2v) is 4.49. The number of hydrogen-bond acceptors (Lipinski definition) is 2. The highest BCUT2D eigenvalue weighted by Gasteiger charge is 2.05. The molecule has 0 aromatic heterocycles. The van der Waals surface area contributed by atoms with Gasteiger partial charge in [-0.25, -0.2) is 0 Å². The van der Waals surface area contributed by atoms with Crippen LogP contribution in [0, 0.1) is 0 Å². The van der Waals surface area contributed by atoms with Gasteiger partial charge in [-0.3, -0.25) is 4.79 Å². The molecule has 15 heavy (non-hydrogen) atoms. The number of rotatable bonds is 6. The zero-order valence-electron chi connectivity index (χ0n) is 9.45. The molecule has 1 rings (SSSR count). The minimum absolute atomic E-state index is 0.277. The summed E-state index contributed by atoms with van der Waals surface area (Å²) in [5.41, 5.74) is 0.859. The second-order valence-electron chi connectivity index (χ2n) is 3.61. The average molecular weight is 222 g/mol. The summed E-state index contributed by atoms with van der Waals surface area (Å²) in [5, 5.41) is 0. The summed E-state index contributed by atoms with van der Waals surface area (Å²) in [5.74, 6) is 0.277. The summed E-state index contributed by atoms with van der Waals surface area (Å²) >= 11 is 1.68. The first-order valence-corrected chi connectivity index (χ1v) is 6.67. The van der Waals surface area contributed by atoms with Gasteiger partial charge in [-0.1, -0.05) is 31.9 Å². The largest absolute Gasteiger partial charge is 0.294 e. The quantitative estimate of drug-likeness (QED) is 0.408. The summed E-state index contributed by atoms with van der Waals surface area (Å²) < 4.78 is 0. The average Bonchev–Trinajstić information content (AvgIpc) is 2.29. The smallest absolute Gasteiger partial charge is 0.162 e. The highest BCUT2D eigenvalue weighted by Crippen LogP contribution is 2.17. The third-order valence-corrected chi connectivity index (χ3v) is 3.12. The van der Waals surface area contributed by atoms with Crippen LogP contribution >= 0.6 is 11.8 Å². The number of ketones is 1. The SMILES string of the molecule is CCCCCC(=O)c1cccc(SC)c1. The van der Waals surface area contributed by atoms with Crippen LogP contribution in [0.2, 0.25) is 0 Å². The van der Waals surface area contributed by atoms with Crippen LogP contribution in [-0.2, 0) is 0 Å². The lowest BCUT2D eigenvalue weighted by atomic mass is 10.1.